The Bertz CT molecular complexity index is 960. The Kier molecular flexibility index (Phi) is 5.84. The van der Waals surface area contributed by atoms with E-state index in [4.69, 9.17) is 14.3 Å². The van der Waals surface area contributed by atoms with Gasteiger partial charge in [0, 0.05) is 5.56 Å². The predicted octanol–water partition coefficient (Wildman–Crippen LogP) is 5.25. The first-order chi connectivity index (χ1) is 13.4. The van der Waals surface area contributed by atoms with Gasteiger partial charge in [-0.15, -0.1) is 0 Å². The molecule has 0 aliphatic heterocycles. The number of halogens is 3. The Morgan fingerprint density at radius 1 is 1.14 bits per heavy atom. The van der Waals surface area contributed by atoms with Crippen LogP contribution >= 0.6 is 0 Å². The lowest BCUT2D eigenvalue weighted by atomic mass is 10.1. The van der Waals surface area contributed by atoms with Gasteiger partial charge < -0.3 is 14.3 Å². The molecule has 0 amide bonds. The molecule has 0 radical (unpaired) electrons. The summed E-state index contributed by atoms with van der Waals surface area (Å²) in [6, 6.07) is 12.0. The fourth-order valence-electron chi connectivity index (χ4n) is 2.54. The topological polar surface area (TPSA) is 55.5 Å². The minimum absolute atomic E-state index is 0.0457. The smallest absolute Gasteiger partial charge is 0.416 e. The SMILES string of the molecule is Cc1oc(-c2ccc(C(F)(F)F)cc2)nc1COc1cccc(C=CCO)c1. The van der Waals surface area contributed by atoms with Crippen LogP contribution in [0.5, 0.6) is 5.75 Å². The highest BCUT2D eigenvalue weighted by Crippen LogP contribution is 2.31. The van der Waals surface area contributed by atoms with Gasteiger partial charge in [0.15, 0.2) is 0 Å². The first kappa shape index (κ1) is 19.7. The third kappa shape index (κ3) is 4.80. The zero-order valence-electron chi connectivity index (χ0n) is 15.0. The molecule has 0 aliphatic rings. The van der Waals surface area contributed by atoms with Crippen molar-refractivity contribution in [2.75, 3.05) is 6.61 Å². The van der Waals surface area contributed by atoms with Crippen molar-refractivity contribution in [2.24, 2.45) is 0 Å². The van der Waals surface area contributed by atoms with E-state index < -0.39 is 11.7 Å². The van der Waals surface area contributed by atoms with Gasteiger partial charge in [0.05, 0.1) is 12.2 Å². The first-order valence-electron chi connectivity index (χ1n) is 8.51. The zero-order chi connectivity index (χ0) is 20.1. The number of alkyl halides is 3. The van der Waals surface area contributed by atoms with Crippen LogP contribution in [-0.4, -0.2) is 16.7 Å². The number of aliphatic hydroxyl groups is 1. The number of oxazole rings is 1. The Morgan fingerprint density at radius 3 is 2.57 bits per heavy atom. The summed E-state index contributed by atoms with van der Waals surface area (Å²) in [4.78, 5) is 4.34. The molecular weight excluding hydrogens is 371 g/mol. The van der Waals surface area contributed by atoms with Crippen LogP contribution in [0, 0.1) is 6.92 Å². The minimum Gasteiger partial charge on any atom is -0.487 e. The molecule has 146 valence electrons. The number of rotatable bonds is 6. The molecule has 3 rings (SSSR count). The normalized spacial score (nSPS) is 11.9. The fraction of sp³-hybridized carbons (Fsp3) is 0.190. The van der Waals surface area contributed by atoms with E-state index in [1.54, 1.807) is 25.1 Å². The molecule has 0 fully saturated rings. The van der Waals surface area contributed by atoms with Crippen LogP contribution in [0.15, 0.2) is 59.0 Å². The van der Waals surface area contributed by atoms with Gasteiger partial charge in [-0.05, 0) is 48.9 Å². The monoisotopic (exact) mass is 389 g/mol. The fourth-order valence-corrected chi connectivity index (χ4v) is 2.54. The second-order valence-electron chi connectivity index (χ2n) is 6.04. The van der Waals surface area contributed by atoms with E-state index in [1.165, 1.54) is 12.1 Å². The summed E-state index contributed by atoms with van der Waals surface area (Å²) in [7, 11) is 0. The van der Waals surface area contributed by atoms with Crippen LogP contribution in [0.2, 0.25) is 0 Å². The molecule has 0 unspecified atom stereocenters. The molecule has 7 heteroatoms. The average Bonchev–Trinajstić information content (AvgIpc) is 3.05. The van der Waals surface area contributed by atoms with Gasteiger partial charge in [-0.25, -0.2) is 4.98 Å². The summed E-state index contributed by atoms with van der Waals surface area (Å²) in [5.74, 6) is 1.40. The molecule has 0 bridgehead atoms. The van der Waals surface area contributed by atoms with Crippen molar-refractivity contribution >= 4 is 6.08 Å². The van der Waals surface area contributed by atoms with Gasteiger partial charge in [-0.3, -0.25) is 0 Å². The summed E-state index contributed by atoms with van der Waals surface area (Å²) in [5.41, 5.74) is 1.18. The number of nitrogens with zero attached hydrogens (tertiary/aromatic N) is 1. The van der Waals surface area contributed by atoms with Crippen molar-refractivity contribution in [1.82, 2.24) is 4.98 Å². The van der Waals surface area contributed by atoms with Gasteiger partial charge in [0.2, 0.25) is 5.89 Å². The largest absolute Gasteiger partial charge is 0.487 e. The molecule has 2 aromatic carbocycles. The predicted molar refractivity (Wildman–Crippen MR) is 98.6 cm³/mol. The van der Waals surface area contributed by atoms with Gasteiger partial charge in [0.25, 0.3) is 0 Å². The molecule has 1 heterocycles. The number of aromatic nitrogens is 1. The number of hydrogen-bond acceptors (Lipinski definition) is 4. The van der Waals surface area contributed by atoms with Gasteiger partial charge in [-0.1, -0.05) is 24.3 Å². The van der Waals surface area contributed by atoms with Crippen LogP contribution in [0.4, 0.5) is 13.2 Å². The number of ether oxygens (including phenoxy) is 1. The quantitative estimate of drug-likeness (QED) is 0.625. The van der Waals surface area contributed by atoms with Crippen molar-refractivity contribution in [2.45, 2.75) is 19.7 Å². The van der Waals surface area contributed by atoms with Crippen LogP contribution in [0.25, 0.3) is 17.5 Å². The molecule has 0 saturated heterocycles. The van der Waals surface area contributed by atoms with E-state index in [9.17, 15) is 13.2 Å². The third-order valence-corrected chi connectivity index (χ3v) is 4.00. The van der Waals surface area contributed by atoms with E-state index in [0.29, 0.717) is 22.8 Å². The molecule has 1 aromatic heterocycles. The van der Waals surface area contributed by atoms with E-state index in [0.717, 1.165) is 17.7 Å². The lowest BCUT2D eigenvalue weighted by molar-refractivity contribution is -0.137. The van der Waals surface area contributed by atoms with Crippen molar-refractivity contribution in [3.05, 3.63) is 77.2 Å². The Labute approximate surface area is 159 Å². The number of hydrogen-bond donors (Lipinski definition) is 1. The molecule has 3 aromatic rings. The number of aliphatic hydroxyl groups excluding tert-OH is 1. The Hall–Kier alpha value is -3.06. The summed E-state index contributed by atoms with van der Waals surface area (Å²) >= 11 is 0. The molecule has 1 N–H and O–H groups in total. The maximum absolute atomic E-state index is 12.7. The minimum atomic E-state index is -4.38. The second kappa shape index (κ2) is 8.31. The highest BCUT2D eigenvalue weighted by molar-refractivity contribution is 5.54. The molecule has 0 atom stereocenters. The molecule has 0 aliphatic carbocycles. The lowest BCUT2D eigenvalue weighted by Crippen LogP contribution is -2.04. The average molecular weight is 389 g/mol. The Morgan fingerprint density at radius 2 is 1.89 bits per heavy atom. The maximum atomic E-state index is 12.7. The maximum Gasteiger partial charge on any atom is 0.416 e. The van der Waals surface area contributed by atoms with Crippen LogP contribution in [0.1, 0.15) is 22.6 Å². The third-order valence-electron chi connectivity index (χ3n) is 4.00. The molecule has 0 saturated carbocycles. The van der Waals surface area contributed by atoms with Crippen molar-refractivity contribution in [1.29, 1.82) is 0 Å². The van der Waals surface area contributed by atoms with Crippen LogP contribution < -0.4 is 4.74 Å². The van der Waals surface area contributed by atoms with Gasteiger partial charge in [-0.2, -0.15) is 13.2 Å². The summed E-state index contributed by atoms with van der Waals surface area (Å²) in [6.45, 7) is 1.83. The number of benzene rings is 2. The number of aryl methyl sites for hydroxylation is 1. The molecule has 0 spiro atoms. The molecule has 4 nitrogen and oxygen atoms in total. The zero-order valence-corrected chi connectivity index (χ0v) is 15.0. The Balaban J connectivity index is 1.72. The summed E-state index contributed by atoms with van der Waals surface area (Å²) < 4.78 is 49.3. The standard InChI is InChI=1S/C21H18F3NO3/c1-14-19(13-27-18-6-2-4-15(12-18)5-3-11-26)25-20(28-14)16-7-9-17(10-8-16)21(22,23)24/h2-10,12,26H,11,13H2,1H3. The van der Waals surface area contributed by atoms with E-state index in [1.807, 2.05) is 18.2 Å². The summed E-state index contributed by atoms with van der Waals surface area (Å²) in [6.07, 6.45) is -0.987. The highest BCUT2D eigenvalue weighted by Gasteiger charge is 2.30. The van der Waals surface area contributed by atoms with Crippen molar-refractivity contribution < 1.29 is 27.4 Å². The summed E-state index contributed by atoms with van der Waals surface area (Å²) in [5, 5.41) is 8.84. The van der Waals surface area contributed by atoms with Gasteiger partial charge in [0.1, 0.15) is 23.8 Å². The molecule has 28 heavy (non-hydrogen) atoms. The molecular formula is C21H18F3NO3. The van der Waals surface area contributed by atoms with Crippen molar-refractivity contribution in [3.63, 3.8) is 0 Å². The van der Waals surface area contributed by atoms with Crippen LogP contribution in [0.3, 0.4) is 0 Å². The first-order valence-corrected chi connectivity index (χ1v) is 8.51. The second-order valence-corrected chi connectivity index (χ2v) is 6.04. The lowest BCUT2D eigenvalue weighted by Gasteiger charge is -2.06. The highest BCUT2D eigenvalue weighted by atomic mass is 19.4. The van der Waals surface area contributed by atoms with Crippen LogP contribution in [-0.2, 0) is 12.8 Å². The van der Waals surface area contributed by atoms with Gasteiger partial charge >= 0.3 is 6.18 Å². The van der Waals surface area contributed by atoms with E-state index in [2.05, 4.69) is 4.98 Å². The van der Waals surface area contributed by atoms with E-state index in [-0.39, 0.29) is 19.1 Å². The van der Waals surface area contributed by atoms with Crippen molar-refractivity contribution in [3.8, 4) is 17.2 Å². The van der Waals surface area contributed by atoms with E-state index >= 15 is 0 Å².